The van der Waals surface area contributed by atoms with Crippen LogP contribution in [0, 0.1) is 5.92 Å². The van der Waals surface area contributed by atoms with Crippen LogP contribution < -0.4 is 0 Å². The lowest BCUT2D eigenvalue weighted by Gasteiger charge is -2.28. The summed E-state index contributed by atoms with van der Waals surface area (Å²) in [6.45, 7) is 7.71. The minimum atomic E-state index is 0.444. The van der Waals surface area contributed by atoms with Crippen LogP contribution in [0.25, 0.3) is 0 Å². The molecule has 2 heteroatoms. The smallest absolute Gasteiger partial charge is 0.135 e. The highest BCUT2D eigenvalue weighted by Gasteiger charge is 2.17. The molecule has 1 fully saturated rings. The molecule has 0 N–H and O–H groups in total. The molecule has 0 aliphatic carbocycles. The summed E-state index contributed by atoms with van der Waals surface area (Å²) in [6, 6.07) is 0. The van der Waals surface area contributed by atoms with E-state index < -0.39 is 0 Å². The molecule has 1 saturated heterocycles. The van der Waals surface area contributed by atoms with Crippen molar-refractivity contribution in [1.29, 1.82) is 0 Å². The number of carbonyl (C=O) groups excluding carboxylic acids is 1. The van der Waals surface area contributed by atoms with Gasteiger partial charge < -0.3 is 4.90 Å². The number of hydrogen-bond acceptors (Lipinski definition) is 2. The van der Waals surface area contributed by atoms with E-state index in [0.29, 0.717) is 5.78 Å². The largest absolute Gasteiger partial charge is 0.302 e. The maximum atomic E-state index is 11.0. The zero-order valence-electron chi connectivity index (χ0n) is 8.88. The minimum Gasteiger partial charge on any atom is -0.302 e. The van der Waals surface area contributed by atoms with Crippen molar-refractivity contribution in [2.24, 2.45) is 5.92 Å². The molecule has 0 aromatic rings. The van der Waals surface area contributed by atoms with Crippen molar-refractivity contribution >= 4 is 5.78 Å². The Bertz CT molecular complexity index is 157. The second-order valence-electron chi connectivity index (χ2n) is 4.23. The van der Waals surface area contributed by atoms with Gasteiger partial charge in [-0.25, -0.2) is 0 Å². The van der Waals surface area contributed by atoms with Gasteiger partial charge in [-0.15, -0.1) is 0 Å². The van der Waals surface area contributed by atoms with Gasteiger partial charge in [0.15, 0.2) is 0 Å². The van der Waals surface area contributed by atoms with Crippen molar-refractivity contribution in [2.45, 2.75) is 39.5 Å². The highest BCUT2D eigenvalue weighted by Crippen LogP contribution is 2.11. The zero-order valence-corrected chi connectivity index (χ0v) is 8.88. The topological polar surface area (TPSA) is 20.3 Å². The van der Waals surface area contributed by atoms with E-state index in [0.717, 1.165) is 31.8 Å². The molecular formula is C11H21NO. The van der Waals surface area contributed by atoms with Crippen molar-refractivity contribution in [3.05, 3.63) is 0 Å². The molecule has 1 heterocycles. The van der Waals surface area contributed by atoms with E-state index in [1.54, 1.807) is 0 Å². The van der Waals surface area contributed by atoms with Gasteiger partial charge in [-0.05, 0) is 12.3 Å². The van der Waals surface area contributed by atoms with Gasteiger partial charge >= 0.3 is 0 Å². The van der Waals surface area contributed by atoms with E-state index in [9.17, 15) is 4.79 Å². The van der Waals surface area contributed by atoms with Crippen LogP contribution in [0.4, 0.5) is 0 Å². The molecule has 0 spiro atoms. The fourth-order valence-electron chi connectivity index (χ4n) is 2.01. The lowest BCUT2D eigenvalue weighted by Crippen LogP contribution is -2.36. The fourth-order valence-corrected chi connectivity index (χ4v) is 2.01. The van der Waals surface area contributed by atoms with Crippen LogP contribution in [0.5, 0.6) is 0 Å². The van der Waals surface area contributed by atoms with Crippen LogP contribution in [-0.2, 0) is 4.79 Å². The summed E-state index contributed by atoms with van der Waals surface area (Å²) in [4.78, 5) is 13.4. The van der Waals surface area contributed by atoms with Crippen molar-refractivity contribution < 1.29 is 4.79 Å². The molecule has 0 bridgehead atoms. The monoisotopic (exact) mass is 183 g/mol. The summed E-state index contributed by atoms with van der Waals surface area (Å²) in [5.74, 6) is 1.23. The molecule has 0 radical (unpaired) electrons. The van der Waals surface area contributed by atoms with E-state index in [1.165, 1.54) is 19.4 Å². The van der Waals surface area contributed by atoms with Gasteiger partial charge in [0.05, 0.1) is 0 Å². The Hall–Kier alpha value is -0.370. The SMILES string of the molecule is CCC[C@H](C)CN1CCC(=O)CC1. The third kappa shape index (κ3) is 3.90. The van der Waals surface area contributed by atoms with Crippen LogP contribution in [0.15, 0.2) is 0 Å². The van der Waals surface area contributed by atoms with Gasteiger partial charge in [0.25, 0.3) is 0 Å². The van der Waals surface area contributed by atoms with E-state index >= 15 is 0 Å². The molecule has 1 atom stereocenters. The molecule has 0 aromatic carbocycles. The van der Waals surface area contributed by atoms with Gasteiger partial charge in [0.1, 0.15) is 5.78 Å². The van der Waals surface area contributed by atoms with E-state index in [-0.39, 0.29) is 0 Å². The molecule has 0 unspecified atom stereocenters. The average Bonchev–Trinajstić information content (AvgIpc) is 2.09. The van der Waals surface area contributed by atoms with Gasteiger partial charge in [-0.1, -0.05) is 20.3 Å². The third-order valence-electron chi connectivity index (χ3n) is 2.77. The maximum absolute atomic E-state index is 11.0. The van der Waals surface area contributed by atoms with Crippen LogP contribution >= 0.6 is 0 Å². The third-order valence-corrected chi connectivity index (χ3v) is 2.77. The summed E-state index contributed by atoms with van der Waals surface area (Å²) in [6.07, 6.45) is 4.13. The first-order valence-corrected chi connectivity index (χ1v) is 5.46. The number of piperidine rings is 1. The van der Waals surface area contributed by atoms with Gasteiger partial charge in [0, 0.05) is 32.5 Å². The fraction of sp³-hybridized carbons (Fsp3) is 0.909. The van der Waals surface area contributed by atoms with Gasteiger partial charge in [0.2, 0.25) is 0 Å². The number of ketones is 1. The van der Waals surface area contributed by atoms with E-state index in [1.807, 2.05) is 0 Å². The first-order chi connectivity index (χ1) is 6.22. The molecular weight excluding hydrogens is 162 g/mol. The normalized spacial score (nSPS) is 21.8. The highest BCUT2D eigenvalue weighted by molar-refractivity contribution is 5.79. The minimum absolute atomic E-state index is 0.444. The van der Waals surface area contributed by atoms with Crippen LogP contribution in [0.2, 0.25) is 0 Å². The molecule has 0 aromatic heterocycles. The number of hydrogen-bond donors (Lipinski definition) is 0. The number of rotatable bonds is 4. The van der Waals surface area contributed by atoms with Crippen LogP contribution in [0.1, 0.15) is 39.5 Å². The number of nitrogens with zero attached hydrogens (tertiary/aromatic N) is 1. The molecule has 13 heavy (non-hydrogen) atoms. The van der Waals surface area contributed by atoms with Crippen LogP contribution in [0.3, 0.4) is 0 Å². The first-order valence-electron chi connectivity index (χ1n) is 5.46. The molecule has 1 aliphatic heterocycles. The standard InChI is InChI=1S/C11H21NO/c1-3-4-10(2)9-12-7-5-11(13)6-8-12/h10H,3-9H2,1-2H3/t10-/m0/s1. The lowest BCUT2D eigenvalue weighted by atomic mass is 10.0. The first kappa shape index (κ1) is 10.7. The summed E-state index contributed by atoms with van der Waals surface area (Å²) in [5, 5.41) is 0. The highest BCUT2D eigenvalue weighted by atomic mass is 16.1. The molecule has 1 rings (SSSR count). The van der Waals surface area contributed by atoms with E-state index in [2.05, 4.69) is 18.7 Å². The molecule has 0 saturated carbocycles. The molecule has 0 amide bonds. The zero-order chi connectivity index (χ0) is 9.68. The Balaban J connectivity index is 2.18. The van der Waals surface area contributed by atoms with Gasteiger partial charge in [-0.3, -0.25) is 4.79 Å². The van der Waals surface area contributed by atoms with Crippen molar-refractivity contribution in [3.8, 4) is 0 Å². The second kappa shape index (κ2) is 5.38. The predicted molar refractivity (Wildman–Crippen MR) is 54.8 cm³/mol. The Labute approximate surface area is 81.3 Å². The molecule has 2 nitrogen and oxygen atoms in total. The summed E-state index contributed by atoms with van der Waals surface area (Å²) < 4.78 is 0. The van der Waals surface area contributed by atoms with Crippen molar-refractivity contribution in [2.75, 3.05) is 19.6 Å². The Morgan fingerprint density at radius 2 is 2.00 bits per heavy atom. The predicted octanol–water partition coefficient (Wildman–Crippen LogP) is 2.09. The van der Waals surface area contributed by atoms with Gasteiger partial charge in [-0.2, -0.15) is 0 Å². The summed E-state index contributed by atoms with van der Waals surface area (Å²) in [5.41, 5.74) is 0. The molecule has 1 aliphatic rings. The Kier molecular flexibility index (Phi) is 4.43. The Morgan fingerprint density at radius 3 is 2.54 bits per heavy atom. The Morgan fingerprint density at radius 1 is 1.38 bits per heavy atom. The maximum Gasteiger partial charge on any atom is 0.135 e. The lowest BCUT2D eigenvalue weighted by molar-refractivity contribution is -0.121. The van der Waals surface area contributed by atoms with E-state index in [4.69, 9.17) is 0 Å². The van der Waals surface area contributed by atoms with Crippen LogP contribution in [-0.4, -0.2) is 30.3 Å². The summed E-state index contributed by atoms with van der Waals surface area (Å²) in [7, 11) is 0. The average molecular weight is 183 g/mol. The quantitative estimate of drug-likeness (QED) is 0.665. The van der Waals surface area contributed by atoms with Crippen molar-refractivity contribution in [3.63, 3.8) is 0 Å². The number of Topliss-reactive ketones (excluding diaryl/α,β-unsaturated/α-hetero) is 1. The number of likely N-dealkylation sites (tertiary alicyclic amines) is 1. The number of carbonyl (C=O) groups is 1. The summed E-state index contributed by atoms with van der Waals surface area (Å²) >= 11 is 0. The van der Waals surface area contributed by atoms with Crippen molar-refractivity contribution in [1.82, 2.24) is 4.90 Å². The second-order valence-corrected chi connectivity index (χ2v) is 4.23. The molecule has 76 valence electrons.